The average Bonchev–Trinajstić information content (AvgIpc) is 2.83. The van der Waals surface area contributed by atoms with Crippen molar-refractivity contribution in [1.82, 2.24) is 9.78 Å². The van der Waals surface area contributed by atoms with E-state index in [0.29, 0.717) is 18.7 Å². The predicted molar refractivity (Wildman–Crippen MR) is 80.4 cm³/mol. The van der Waals surface area contributed by atoms with Crippen LogP contribution in [0.5, 0.6) is 0 Å². The van der Waals surface area contributed by atoms with E-state index in [-0.39, 0.29) is 17.3 Å². The molecule has 0 unspecified atom stereocenters. The first kappa shape index (κ1) is 15.3. The predicted octanol–water partition coefficient (Wildman–Crippen LogP) is 0.821. The molecule has 4 N–H and O–H groups in total. The van der Waals surface area contributed by atoms with Gasteiger partial charge in [-0.05, 0) is 31.0 Å². The molecule has 0 spiro atoms. The third-order valence-corrected chi connectivity index (χ3v) is 4.37. The fourth-order valence-electron chi connectivity index (χ4n) is 1.87. The molecule has 114 valence electrons. The van der Waals surface area contributed by atoms with Crippen molar-refractivity contribution in [1.29, 1.82) is 0 Å². The Morgan fingerprint density at radius 2 is 2.00 bits per heavy atom. The summed E-state index contributed by atoms with van der Waals surface area (Å²) in [5.41, 5.74) is 7.00. The highest BCUT2D eigenvalue weighted by Crippen LogP contribution is 2.20. The quantitative estimate of drug-likeness (QED) is 0.731. The largest absolute Gasteiger partial charge is 0.396 e. The second kappa shape index (κ2) is 6.15. The van der Waals surface area contributed by atoms with Gasteiger partial charge in [0, 0.05) is 25.0 Å². The summed E-state index contributed by atoms with van der Waals surface area (Å²) in [6, 6.07) is 6.80. The van der Waals surface area contributed by atoms with Crippen molar-refractivity contribution in [2.24, 2.45) is 0 Å². The first-order valence-corrected chi connectivity index (χ1v) is 8.00. The van der Waals surface area contributed by atoms with E-state index in [1.807, 2.05) is 6.92 Å². The molecule has 0 fully saturated rings. The van der Waals surface area contributed by atoms with Crippen molar-refractivity contribution in [3.05, 3.63) is 36.0 Å². The number of hydrogen-bond donors (Lipinski definition) is 3. The summed E-state index contributed by atoms with van der Waals surface area (Å²) in [7, 11) is -3.77. The molecule has 0 aliphatic rings. The molecule has 1 aromatic heterocycles. The lowest BCUT2D eigenvalue weighted by molar-refractivity contribution is 0.299. The Kier molecular flexibility index (Phi) is 4.49. The topological polar surface area (TPSA) is 110 Å². The van der Waals surface area contributed by atoms with Crippen LogP contribution in [-0.4, -0.2) is 29.9 Å². The zero-order chi connectivity index (χ0) is 15.5. The molecule has 1 aromatic carbocycles. The van der Waals surface area contributed by atoms with E-state index in [1.54, 1.807) is 24.3 Å². The number of anilines is 2. The molecule has 0 aliphatic carbocycles. The highest BCUT2D eigenvalue weighted by Gasteiger charge is 2.21. The maximum Gasteiger partial charge on any atom is 0.267 e. The molecule has 0 aliphatic heterocycles. The minimum atomic E-state index is -3.77. The van der Waals surface area contributed by atoms with Gasteiger partial charge in [-0.1, -0.05) is 12.1 Å². The molecule has 8 heteroatoms. The van der Waals surface area contributed by atoms with E-state index < -0.39 is 10.0 Å². The number of nitrogens with one attached hydrogen (secondary N) is 1. The van der Waals surface area contributed by atoms with Crippen molar-refractivity contribution in [3.63, 3.8) is 0 Å². The molecule has 0 atom stereocenters. The lowest BCUT2D eigenvalue weighted by Crippen LogP contribution is -2.14. The molecule has 2 aromatic rings. The number of nitrogens with zero attached hydrogens (tertiary/aromatic N) is 2. The van der Waals surface area contributed by atoms with E-state index in [2.05, 4.69) is 9.82 Å². The van der Waals surface area contributed by atoms with Gasteiger partial charge in [-0.2, -0.15) is 5.10 Å². The molecule has 0 saturated carbocycles. The fourth-order valence-corrected chi connectivity index (χ4v) is 3.00. The monoisotopic (exact) mass is 310 g/mol. The van der Waals surface area contributed by atoms with E-state index in [1.165, 1.54) is 10.9 Å². The molecule has 0 bridgehead atoms. The summed E-state index contributed by atoms with van der Waals surface area (Å²) in [5.74, 6) is -0.0266. The highest BCUT2D eigenvalue weighted by atomic mass is 32.2. The maximum atomic E-state index is 12.3. The number of aromatic nitrogens is 2. The molecule has 1 heterocycles. The normalized spacial score (nSPS) is 11.5. The zero-order valence-corrected chi connectivity index (χ0v) is 12.5. The van der Waals surface area contributed by atoms with Crippen LogP contribution in [0.25, 0.3) is 0 Å². The Morgan fingerprint density at radius 1 is 1.33 bits per heavy atom. The number of aliphatic hydroxyl groups is 1. The van der Waals surface area contributed by atoms with Crippen LogP contribution in [0.1, 0.15) is 12.5 Å². The standard InChI is InChI=1S/C13H18N4O3S/c1-2-17-9-12(13(14)15-17)21(19,20)16-11-5-3-10(4-6-11)7-8-18/h3-6,9,16,18H,2,7-8H2,1H3,(H2,14,15). The first-order valence-electron chi connectivity index (χ1n) is 6.52. The molecule has 0 radical (unpaired) electrons. The van der Waals surface area contributed by atoms with Crippen LogP contribution in [0.4, 0.5) is 11.5 Å². The van der Waals surface area contributed by atoms with Crippen LogP contribution in [0.15, 0.2) is 35.4 Å². The van der Waals surface area contributed by atoms with Gasteiger partial charge >= 0.3 is 0 Å². The lowest BCUT2D eigenvalue weighted by atomic mass is 10.1. The van der Waals surface area contributed by atoms with Gasteiger partial charge in [0.05, 0.1) is 0 Å². The van der Waals surface area contributed by atoms with Crippen LogP contribution < -0.4 is 10.5 Å². The number of aliphatic hydroxyl groups excluding tert-OH is 1. The Morgan fingerprint density at radius 3 is 2.52 bits per heavy atom. The number of sulfonamides is 1. The number of aryl methyl sites for hydroxylation is 1. The Hall–Kier alpha value is -2.06. The summed E-state index contributed by atoms with van der Waals surface area (Å²) in [4.78, 5) is -0.0382. The van der Waals surface area contributed by atoms with Gasteiger partial charge in [0.25, 0.3) is 10.0 Å². The van der Waals surface area contributed by atoms with E-state index in [9.17, 15) is 8.42 Å². The smallest absolute Gasteiger partial charge is 0.267 e. The minimum absolute atomic E-state index is 0.0266. The Bertz CT molecular complexity index is 708. The van der Waals surface area contributed by atoms with Crippen LogP contribution in [-0.2, 0) is 23.0 Å². The van der Waals surface area contributed by atoms with Crippen LogP contribution in [0, 0.1) is 0 Å². The fraction of sp³-hybridized carbons (Fsp3) is 0.308. The molecular weight excluding hydrogens is 292 g/mol. The van der Waals surface area contributed by atoms with Crippen molar-refractivity contribution in [3.8, 4) is 0 Å². The zero-order valence-electron chi connectivity index (χ0n) is 11.7. The van der Waals surface area contributed by atoms with Crippen molar-refractivity contribution in [2.75, 3.05) is 17.1 Å². The van der Waals surface area contributed by atoms with Gasteiger partial charge in [0.1, 0.15) is 4.90 Å². The van der Waals surface area contributed by atoms with Gasteiger partial charge in [-0.25, -0.2) is 8.42 Å². The molecular formula is C13H18N4O3S. The van der Waals surface area contributed by atoms with Gasteiger partial charge in [-0.15, -0.1) is 0 Å². The van der Waals surface area contributed by atoms with E-state index >= 15 is 0 Å². The van der Waals surface area contributed by atoms with Crippen molar-refractivity contribution in [2.45, 2.75) is 24.8 Å². The van der Waals surface area contributed by atoms with Crippen LogP contribution in [0.3, 0.4) is 0 Å². The van der Waals surface area contributed by atoms with Gasteiger partial charge in [-0.3, -0.25) is 9.40 Å². The summed E-state index contributed by atoms with van der Waals surface area (Å²) >= 11 is 0. The van der Waals surface area contributed by atoms with Crippen molar-refractivity contribution < 1.29 is 13.5 Å². The minimum Gasteiger partial charge on any atom is -0.396 e. The summed E-state index contributed by atoms with van der Waals surface area (Å²) in [5, 5.41) is 12.8. The summed E-state index contributed by atoms with van der Waals surface area (Å²) < 4.78 is 28.5. The van der Waals surface area contributed by atoms with E-state index in [0.717, 1.165) is 5.56 Å². The number of hydrogen-bond acceptors (Lipinski definition) is 5. The molecule has 0 saturated heterocycles. The number of nitrogens with two attached hydrogens (primary N) is 1. The third-order valence-electron chi connectivity index (χ3n) is 2.98. The number of benzene rings is 1. The summed E-state index contributed by atoms with van der Waals surface area (Å²) in [6.07, 6.45) is 1.93. The third kappa shape index (κ3) is 3.53. The van der Waals surface area contributed by atoms with E-state index in [4.69, 9.17) is 10.8 Å². The van der Waals surface area contributed by atoms with Gasteiger partial charge in [0.15, 0.2) is 5.82 Å². The Balaban J connectivity index is 2.22. The number of nitrogen functional groups attached to an aromatic ring is 1. The molecule has 21 heavy (non-hydrogen) atoms. The average molecular weight is 310 g/mol. The molecule has 0 amide bonds. The van der Waals surface area contributed by atoms with Gasteiger partial charge in [0.2, 0.25) is 0 Å². The van der Waals surface area contributed by atoms with Gasteiger partial charge < -0.3 is 10.8 Å². The summed E-state index contributed by atoms with van der Waals surface area (Å²) in [6.45, 7) is 2.43. The Labute approximate surface area is 123 Å². The molecule has 2 rings (SSSR count). The second-order valence-electron chi connectivity index (χ2n) is 4.51. The van der Waals surface area contributed by atoms with Crippen molar-refractivity contribution >= 4 is 21.5 Å². The maximum absolute atomic E-state index is 12.3. The first-order chi connectivity index (χ1) is 9.96. The lowest BCUT2D eigenvalue weighted by Gasteiger charge is -2.07. The molecule has 7 nitrogen and oxygen atoms in total. The number of rotatable bonds is 6. The van der Waals surface area contributed by atoms with Crippen LogP contribution in [0.2, 0.25) is 0 Å². The highest BCUT2D eigenvalue weighted by molar-refractivity contribution is 7.92. The van der Waals surface area contributed by atoms with Crippen LogP contribution >= 0.6 is 0 Å². The second-order valence-corrected chi connectivity index (χ2v) is 6.16. The SMILES string of the molecule is CCn1cc(S(=O)(=O)Nc2ccc(CCO)cc2)c(N)n1.